The van der Waals surface area contributed by atoms with Crippen LogP contribution < -0.4 is 10.1 Å². The van der Waals surface area contributed by atoms with Crippen molar-refractivity contribution in [1.29, 1.82) is 0 Å². The van der Waals surface area contributed by atoms with Crippen LogP contribution in [0.5, 0.6) is 5.75 Å². The number of rotatable bonds is 7. The van der Waals surface area contributed by atoms with Crippen LogP contribution in [0.25, 0.3) is 0 Å². The summed E-state index contributed by atoms with van der Waals surface area (Å²) in [6.45, 7) is 4.50. The van der Waals surface area contributed by atoms with Crippen molar-refractivity contribution in [3.63, 3.8) is 0 Å². The van der Waals surface area contributed by atoms with Crippen LogP contribution in [0.3, 0.4) is 0 Å². The van der Waals surface area contributed by atoms with Gasteiger partial charge in [-0.25, -0.2) is 12.8 Å². The lowest BCUT2D eigenvalue weighted by atomic mass is 9.92. The van der Waals surface area contributed by atoms with Gasteiger partial charge >= 0.3 is 0 Å². The van der Waals surface area contributed by atoms with Crippen LogP contribution in [0, 0.1) is 17.7 Å². The topological polar surface area (TPSA) is 75.7 Å². The number of carbonyl (C=O) groups excluding carboxylic acids is 1. The van der Waals surface area contributed by atoms with Gasteiger partial charge in [0.15, 0.2) is 0 Å². The molecule has 0 spiro atoms. The predicted molar refractivity (Wildman–Crippen MR) is 122 cm³/mol. The minimum absolute atomic E-state index is 0.0498. The third-order valence-electron chi connectivity index (χ3n) is 5.79. The summed E-state index contributed by atoms with van der Waals surface area (Å²) in [5, 5.41) is 2.89. The summed E-state index contributed by atoms with van der Waals surface area (Å²) in [5.74, 6) is -0.105. The summed E-state index contributed by atoms with van der Waals surface area (Å²) in [5.41, 5.74) is 0.988. The molecule has 1 saturated heterocycles. The van der Waals surface area contributed by atoms with Crippen LogP contribution in [0.4, 0.5) is 4.39 Å². The summed E-state index contributed by atoms with van der Waals surface area (Å²) in [6, 6.07) is 10.8. The number of amides is 1. The Morgan fingerprint density at radius 3 is 2.31 bits per heavy atom. The van der Waals surface area contributed by atoms with Gasteiger partial charge in [-0.05, 0) is 54.7 Å². The number of benzene rings is 2. The Bertz CT molecular complexity index is 1050. The maximum absolute atomic E-state index is 13.4. The average molecular weight is 483 g/mol. The number of hydrogen-bond donors (Lipinski definition) is 1. The molecule has 1 heterocycles. The Morgan fingerprint density at radius 1 is 1.16 bits per heavy atom. The van der Waals surface area contributed by atoms with Gasteiger partial charge in [-0.2, -0.15) is 4.31 Å². The first-order valence-corrected chi connectivity index (χ1v) is 12.3. The zero-order valence-corrected chi connectivity index (χ0v) is 19.9. The molecular formula is C23H28ClFN2O4S. The number of ether oxygens (including phenoxy) is 1. The second-order valence-corrected chi connectivity index (χ2v) is 10.6. The lowest BCUT2D eigenvalue weighted by Gasteiger charge is -2.32. The van der Waals surface area contributed by atoms with Crippen molar-refractivity contribution >= 4 is 27.5 Å². The highest BCUT2D eigenvalue weighted by molar-refractivity contribution is 7.89. The van der Waals surface area contributed by atoms with E-state index in [1.165, 1.54) is 10.4 Å². The van der Waals surface area contributed by atoms with Crippen LogP contribution in [0.1, 0.15) is 38.3 Å². The summed E-state index contributed by atoms with van der Waals surface area (Å²) >= 11 is 5.75. The Morgan fingerprint density at radius 2 is 1.78 bits per heavy atom. The lowest BCUT2D eigenvalue weighted by molar-refractivity contribution is -0.127. The summed E-state index contributed by atoms with van der Waals surface area (Å²) < 4.78 is 45.7. The zero-order chi connectivity index (χ0) is 23.5. The standard InChI is InChI=1S/C23H28ClFN2O4S/c1-15(2)22(16-4-6-18(31-3)7-5-16)26-23(28)17-10-12-27(13-11-17)32(29,30)19-8-9-21(25)20(24)14-19/h4-9,14-15,17,22H,10-13H2,1-3H3,(H,26,28). The molecule has 1 atom stereocenters. The maximum atomic E-state index is 13.4. The first kappa shape index (κ1) is 24.5. The third-order valence-corrected chi connectivity index (χ3v) is 7.98. The van der Waals surface area contributed by atoms with Gasteiger partial charge in [-0.1, -0.05) is 37.6 Å². The van der Waals surface area contributed by atoms with E-state index in [1.807, 2.05) is 38.1 Å². The molecule has 1 aliphatic rings. The SMILES string of the molecule is COc1ccc(C(NC(=O)C2CCN(S(=O)(=O)c3ccc(F)c(Cl)c3)CC2)C(C)C)cc1. The largest absolute Gasteiger partial charge is 0.497 e. The molecule has 1 aliphatic heterocycles. The van der Waals surface area contributed by atoms with Gasteiger partial charge in [0.1, 0.15) is 11.6 Å². The molecule has 174 valence electrons. The van der Waals surface area contributed by atoms with Gasteiger partial charge in [-0.15, -0.1) is 0 Å². The Kier molecular flexibility index (Phi) is 7.79. The first-order valence-electron chi connectivity index (χ1n) is 10.5. The smallest absolute Gasteiger partial charge is 0.243 e. The fourth-order valence-electron chi connectivity index (χ4n) is 3.86. The first-order chi connectivity index (χ1) is 15.1. The van der Waals surface area contributed by atoms with E-state index in [2.05, 4.69) is 5.32 Å². The van der Waals surface area contributed by atoms with Gasteiger partial charge in [-0.3, -0.25) is 4.79 Å². The van der Waals surface area contributed by atoms with Crippen molar-refractivity contribution in [3.05, 3.63) is 58.9 Å². The molecule has 32 heavy (non-hydrogen) atoms. The molecule has 1 fully saturated rings. The summed E-state index contributed by atoms with van der Waals surface area (Å²) in [6.07, 6.45) is 0.820. The summed E-state index contributed by atoms with van der Waals surface area (Å²) in [4.78, 5) is 12.9. The van der Waals surface area contributed by atoms with Crippen molar-refractivity contribution in [1.82, 2.24) is 9.62 Å². The zero-order valence-electron chi connectivity index (χ0n) is 18.3. The molecule has 1 unspecified atom stereocenters. The Balaban J connectivity index is 1.64. The highest BCUT2D eigenvalue weighted by Gasteiger charge is 2.33. The number of nitrogens with one attached hydrogen (secondary N) is 1. The molecule has 0 radical (unpaired) electrons. The fraction of sp³-hybridized carbons (Fsp3) is 0.435. The van der Waals surface area contributed by atoms with Gasteiger partial charge < -0.3 is 10.1 Å². The van der Waals surface area contributed by atoms with E-state index in [0.29, 0.717) is 12.8 Å². The van der Waals surface area contributed by atoms with E-state index in [9.17, 15) is 17.6 Å². The second kappa shape index (κ2) is 10.2. The van der Waals surface area contributed by atoms with E-state index < -0.39 is 15.8 Å². The van der Waals surface area contributed by atoms with Crippen LogP contribution >= 0.6 is 11.6 Å². The minimum atomic E-state index is -3.80. The fourth-order valence-corrected chi connectivity index (χ4v) is 5.60. The van der Waals surface area contributed by atoms with E-state index in [4.69, 9.17) is 16.3 Å². The lowest BCUT2D eigenvalue weighted by Crippen LogP contribution is -2.44. The monoisotopic (exact) mass is 482 g/mol. The van der Waals surface area contributed by atoms with Crippen LogP contribution in [0.15, 0.2) is 47.4 Å². The number of hydrogen-bond acceptors (Lipinski definition) is 4. The average Bonchev–Trinajstić information content (AvgIpc) is 2.79. The minimum Gasteiger partial charge on any atom is -0.497 e. The molecule has 0 bridgehead atoms. The van der Waals surface area contributed by atoms with Gasteiger partial charge in [0.05, 0.1) is 23.1 Å². The number of carbonyl (C=O) groups is 1. The number of methoxy groups -OCH3 is 1. The van der Waals surface area contributed by atoms with Gasteiger partial charge in [0.25, 0.3) is 0 Å². The van der Waals surface area contributed by atoms with Gasteiger partial charge in [0, 0.05) is 19.0 Å². The van der Waals surface area contributed by atoms with Crippen molar-refractivity contribution in [2.75, 3.05) is 20.2 Å². The normalized spacial score (nSPS) is 16.7. The maximum Gasteiger partial charge on any atom is 0.243 e. The molecular weight excluding hydrogens is 455 g/mol. The second-order valence-electron chi connectivity index (χ2n) is 8.26. The van der Waals surface area contributed by atoms with Crippen molar-refractivity contribution in [2.24, 2.45) is 11.8 Å². The molecule has 0 saturated carbocycles. The molecule has 9 heteroatoms. The van der Waals surface area contributed by atoms with Gasteiger partial charge in [0.2, 0.25) is 15.9 Å². The highest BCUT2D eigenvalue weighted by atomic mass is 35.5. The quantitative estimate of drug-likeness (QED) is 0.634. The van der Waals surface area contributed by atoms with E-state index in [-0.39, 0.29) is 46.8 Å². The number of piperidine rings is 1. The third kappa shape index (κ3) is 5.42. The molecule has 0 aromatic heterocycles. The Labute approximate surface area is 193 Å². The number of nitrogens with zero attached hydrogens (tertiary/aromatic N) is 1. The van der Waals surface area contributed by atoms with E-state index in [1.54, 1.807) is 7.11 Å². The highest BCUT2D eigenvalue weighted by Crippen LogP contribution is 2.28. The number of sulfonamides is 1. The molecule has 2 aromatic rings. The van der Waals surface area contributed by atoms with Crippen LogP contribution in [0.2, 0.25) is 5.02 Å². The Hall–Kier alpha value is -2.16. The van der Waals surface area contributed by atoms with Crippen molar-refractivity contribution < 1.29 is 22.3 Å². The van der Waals surface area contributed by atoms with Crippen LogP contribution in [-0.4, -0.2) is 38.8 Å². The van der Waals surface area contributed by atoms with E-state index in [0.717, 1.165) is 23.4 Å². The molecule has 1 amide bonds. The predicted octanol–water partition coefficient (Wildman–Crippen LogP) is 4.40. The molecule has 2 aromatic carbocycles. The van der Waals surface area contributed by atoms with Crippen LogP contribution in [-0.2, 0) is 14.8 Å². The van der Waals surface area contributed by atoms with Crippen molar-refractivity contribution in [2.45, 2.75) is 37.6 Å². The summed E-state index contributed by atoms with van der Waals surface area (Å²) in [7, 11) is -2.19. The van der Waals surface area contributed by atoms with Crippen molar-refractivity contribution in [3.8, 4) is 5.75 Å². The molecule has 6 nitrogen and oxygen atoms in total. The van der Waals surface area contributed by atoms with E-state index >= 15 is 0 Å². The molecule has 3 rings (SSSR count). The molecule has 1 N–H and O–H groups in total. The molecule has 0 aliphatic carbocycles. The number of halogens is 2.